The number of benzene rings is 1. The first-order valence-electron chi connectivity index (χ1n) is 6.91. The summed E-state index contributed by atoms with van der Waals surface area (Å²) in [6.45, 7) is 5.29. The molecule has 1 aromatic rings. The van der Waals surface area contributed by atoms with Gasteiger partial charge in [0.1, 0.15) is 0 Å². The third kappa shape index (κ3) is 4.21. The van der Waals surface area contributed by atoms with Gasteiger partial charge in [-0.15, -0.1) is 0 Å². The summed E-state index contributed by atoms with van der Waals surface area (Å²) in [6.07, 6.45) is -4.25. The minimum atomic E-state index is -4.33. The van der Waals surface area contributed by atoms with Crippen molar-refractivity contribution < 1.29 is 18.3 Å². The molecule has 0 radical (unpaired) electrons. The van der Waals surface area contributed by atoms with Crippen molar-refractivity contribution in [1.29, 1.82) is 0 Å². The van der Waals surface area contributed by atoms with Gasteiger partial charge in [-0.1, -0.05) is 32.0 Å². The van der Waals surface area contributed by atoms with Crippen LogP contribution in [-0.2, 0) is 6.18 Å². The molecule has 0 saturated carbocycles. The number of piperidine rings is 1. The Bertz CT molecular complexity index is 420. The second kappa shape index (κ2) is 7.09. The number of hydrogen-bond acceptors (Lipinski definition) is 2. The third-order valence-corrected chi connectivity index (χ3v) is 3.43. The summed E-state index contributed by atoms with van der Waals surface area (Å²) >= 11 is 0. The molecular weight excluding hydrogens is 267 g/mol. The lowest BCUT2D eigenvalue weighted by molar-refractivity contribution is -0.137. The van der Waals surface area contributed by atoms with Crippen molar-refractivity contribution in [2.75, 3.05) is 20.1 Å². The van der Waals surface area contributed by atoms with E-state index in [9.17, 15) is 18.3 Å². The van der Waals surface area contributed by atoms with Crippen molar-refractivity contribution in [3.63, 3.8) is 0 Å². The van der Waals surface area contributed by atoms with Crippen LogP contribution in [0.2, 0.25) is 0 Å². The van der Waals surface area contributed by atoms with E-state index >= 15 is 0 Å². The molecule has 0 amide bonds. The van der Waals surface area contributed by atoms with Gasteiger partial charge >= 0.3 is 6.18 Å². The van der Waals surface area contributed by atoms with Crippen molar-refractivity contribution in [1.82, 2.24) is 4.90 Å². The van der Waals surface area contributed by atoms with Gasteiger partial charge in [-0.2, -0.15) is 13.2 Å². The zero-order chi connectivity index (χ0) is 15.3. The zero-order valence-electron chi connectivity index (χ0n) is 12.1. The van der Waals surface area contributed by atoms with E-state index < -0.39 is 17.8 Å². The Balaban J connectivity index is 0.000000956. The number of aliphatic hydroxyl groups is 1. The molecule has 1 heterocycles. The highest BCUT2D eigenvalue weighted by Gasteiger charge is 2.32. The molecule has 114 valence electrons. The van der Waals surface area contributed by atoms with Crippen LogP contribution in [0.3, 0.4) is 0 Å². The highest BCUT2D eigenvalue weighted by Crippen LogP contribution is 2.34. The van der Waals surface area contributed by atoms with Crippen molar-refractivity contribution in [2.24, 2.45) is 0 Å². The number of β-amino-alcohol motifs (C(OH)–C–C–N with tert-alkyl or cyclic N) is 1. The minimum absolute atomic E-state index is 0.205. The predicted octanol–water partition coefficient (Wildman–Crippen LogP) is 3.51. The number of alkyl halides is 3. The van der Waals surface area contributed by atoms with Crippen LogP contribution in [0.15, 0.2) is 24.3 Å². The molecule has 1 aromatic carbocycles. The average Bonchev–Trinajstić information content (AvgIpc) is 2.40. The van der Waals surface area contributed by atoms with E-state index in [4.69, 9.17) is 0 Å². The highest BCUT2D eigenvalue weighted by molar-refractivity contribution is 5.29. The first-order valence-corrected chi connectivity index (χ1v) is 6.91. The van der Waals surface area contributed by atoms with Gasteiger partial charge in [0.05, 0.1) is 11.7 Å². The molecule has 2 nitrogen and oxygen atoms in total. The number of likely N-dealkylation sites (N-methyl/N-ethyl adjacent to an activating group) is 1. The van der Waals surface area contributed by atoms with Gasteiger partial charge < -0.3 is 10.0 Å². The SMILES string of the molecule is CC.CN1CCC(c2cccc(C(F)(F)F)c2)C(O)C1. The Morgan fingerprint density at radius 1 is 1.25 bits per heavy atom. The molecule has 0 spiro atoms. The van der Waals surface area contributed by atoms with Gasteiger partial charge in [-0.05, 0) is 31.6 Å². The summed E-state index contributed by atoms with van der Waals surface area (Å²) in [5, 5.41) is 9.96. The fourth-order valence-electron chi connectivity index (χ4n) is 2.42. The van der Waals surface area contributed by atoms with Crippen LogP contribution in [0.5, 0.6) is 0 Å². The van der Waals surface area contributed by atoms with Crippen LogP contribution >= 0.6 is 0 Å². The lowest BCUT2D eigenvalue weighted by Gasteiger charge is -2.34. The van der Waals surface area contributed by atoms with E-state index in [0.29, 0.717) is 18.5 Å². The van der Waals surface area contributed by atoms with Gasteiger partial charge in [0.15, 0.2) is 0 Å². The van der Waals surface area contributed by atoms with Crippen molar-refractivity contribution >= 4 is 0 Å². The molecule has 0 bridgehead atoms. The van der Waals surface area contributed by atoms with Gasteiger partial charge in [0.2, 0.25) is 0 Å². The largest absolute Gasteiger partial charge is 0.416 e. The van der Waals surface area contributed by atoms with Crippen LogP contribution in [0, 0.1) is 0 Å². The summed E-state index contributed by atoms with van der Waals surface area (Å²) in [5.74, 6) is -0.205. The van der Waals surface area contributed by atoms with E-state index in [1.807, 2.05) is 25.8 Å². The number of rotatable bonds is 1. The number of likely N-dealkylation sites (tertiary alicyclic amines) is 1. The van der Waals surface area contributed by atoms with Crippen molar-refractivity contribution in [2.45, 2.75) is 38.5 Å². The van der Waals surface area contributed by atoms with Crippen molar-refractivity contribution in [3.8, 4) is 0 Å². The Labute approximate surface area is 118 Å². The Morgan fingerprint density at radius 3 is 2.45 bits per heavy atom. The monoisotopic (exact) mass is 289 g/mol. The van der Waals surface area contributed by atoms with Crippen LogP contribution in [-0.4, -0.2) is 36.2 Å². The van der Waals surface area contributed by atoms with E-state index in [2.05, 4.69) is 0 Å². The van der Waals surface area contributed by atoms with Crippen molar-refractivity contribution in [3.05, 3.63) is 35.4 Å². The molecule has 2 atom stereocenters. The first-order chi connectivity index (χ1) is 9.38. The molecule has 0 aromatic heterocycles. The topological polar surface area (TPSA) is 23.5 Å². The van der Waals surface area contributed by atoms with E-state index in [-0.39, 0.29) is 5.92 Å². The van der Waals surface area contributed by atoms with E-state index in [1.165, 1.54) is 6.07 Å². The maximum atomic E-state index is 12.6. The maximum Gasteiger partial charge on any atom is 0.416 e. The number of aliphatic hydroxyl groups excluding tert-OH is 1. The predicted molar refractivity (Wildman–Crippen MR) is 73.7 cm³/mol. The van der Waals surface area contributed by atoms with E-state index in [0.717, 1.165) is 18.7 Å². The molecule has 1 saturated heterocycles. The molecule has 1 aliphatic heterocycles. The molecule has 1 N–H and O–H groups in total. The molecule has 20 heavy (non-hydrogen) atoms. The second-order valence-electron chi connectivity index (χ2n) is 4.85. The second-order valence-corrected chi connectivity index (χ2v) is 4.85. The van der Waals surface area contributed by atoms with Gasteiger partial charge in [0, 0.05) is 12.5 Å². The van der Waals surface area contributed by atoms with Crippen LogP contribution in [0.4, 0.5) is 13.2 Å². The highest BCUT2D eigenvalue weighted by atomic mass is 19.4. The first kappa shape index (κ1) is 17.0. The number of hydrogen-bond donors (Lipinski definition) is 1. The Morgan fingerprint density at radius 2 is 1.90 bits per heavy atom. The standard InChI is InChI=1S/C13H16F3NO.C2H6/c1-17-6-5-11(12(18)8-17)9-3-2-4-10(7-9)13(14,15)16;1-2/h2-4,7,11-12,18H,5-6,8H2,1H3;1-2H3. The molecular formula is C15H22F3NO. The summed E-state index contributed by atoms with van der Waals surface area (Å²) in [6, 6.07) is 5.28. The molecule has 2 unspecified atom stereocenters. The quantitative estimate of drug-likeness (QED) is 0.855. The molecule has 1 aliphatic rings. The molecule has 0 aliphatic carbocycles. The molecule has 2 rings (SSSR count). The Kier molecular flexibility index (Phi) is 6.02. The summed E-state index contributed by atoms with van der Waals surface area (Å²) in [7, 11) is 1.89. The molecule has 1 fully saturated rings. The number of halogens is 3. The zero-order valence-corrected chi connectivity index (χ0v) is 12.1. The summed E-state index contributed by atoms with van der Waals surface area (Å²) in [4.78, 5) is 1.98. The number of nitrogens with zero attached hydrogens (tertiary/aromatic N) is 1. The smallest absolute Gasteiger partial charge is 0.391 e. The van der Waals surface area contributed by atoms with Crippen LogP contribution < -0.4 is 0 Å². The maximum absolute atomic E-state index is 12.6. The lowest BCUT2D eigenvalue weighted by atomic mass is 9.86. The summed E-state index contributed by atoms with van der Waals surface area (Å²) in [5.41, 5.74) is -0.0726. The molecule has 5 heteroatoms. The average molecular weight is 289 g/mol. The Hall–Kier alpha value is -1.07. The van der Waals surface area contributed by atoms with E-state index in [1.54, 1.807) is 6.07 Å². The summed E-state index contributed by atoms with van der Waals surface area (Å²) < 4.78 is 37.9. The fraction of sp³-hybridized carbons (Fsp3) is 0.600. The van der Waals surface area contributed by atoms with Gasteiger partial charge in [-0.25, -0.2) is 0 Å². The lowest BCUT2D eigenvalue weighted by Crippen LogP contribution is -2.40. The van der Waals surface area contributed by atoms with Crippen LogP contribution in [0.25, 0.3) is 0 Å². The van der Waals surface area contributed by atoms with Crippen LogP contribution in [0.1, 0.15) is 37.3 Å². The third-order valence-electron chi connectivity index (χ3n) is 3.43. The fourth-order valence-corrected chi connectivity index (χ4v) is 2.42. The normalized spacial score (nSPS) is 23.9. The minimum Gasteiger partial charge on any atom is -0.391 e. The van der Waals surface area contributed by atoms with Gasteiger partial charge in [-0.3, -0.25) is 0 Å². The van der Waals surface area contributed by atoms with Gasteiger partial charge in [0.25, 0.3) is 0 Å².